The van der Waals surface area contributed by atoms with E-state index < -0.39 is 0 Å². The third-order valence-electron chi connectivity index (χ3n) is 3.12. The summed E-state index contributed by atoms with van der Waals surface area (Å²) in [5.74, 6) is 0.182. The number of imide groups is 1. The van der Waals surface area contributed by atoms with Gasteiger partial charge in [0.05, 0.1) is 11.1 Å². The number of benzene rings is 1. The van der Waals surface area contributed by atoms with Gasteiger partial charge in [-0.3, -0.25) is 14.5 Å². The molecule has 0 bridgehead atoms. The molecule has 19 heavy (non-hydrogen) atoms. The van der Waals surface area contributed by atoms with Crippen LogP contribution < -0.4 is 5.73 Å². The Hall–Kier alpha value is -2.63. The number of aromatic amines is 1. The third kappa shape index (κ3) is 1.87. The van der Waals surface area contributed by atoms with Crippen LogP contribution >= 0.6 is 0 Å². The Bertz CT molecular complexity index is 649. The van der Waals surface area contributed by atoms with Crippen LogP contribution in [-0.4, -0.2) is 33.2 Å². The molecule has 1 aliphatic heterocycles. The molecular formula is C13H12N4O2. The number of carbonyl (C=O) groups excluding carboxylic acids is 2. The number of rotatable bonds is 3. The van der Waals surface area contributed by atoms with Gasteiger partial charge in [0.15, 0.2) is 0 Å². The zero-order valence-corrected chi connectivity index (χ0v) is 10.1. The van der Waals surface area contributed by atoms with Crippen molar-refractivity contribution in [3.8, 4) is 0 Å². The van der Waals surface area contributed by atoms with E-state index in [2.05, 4.69) is 9.97 Å². The van der Waals surface area contributed by atoms with Gasteiger partial charge in [0.1, 0.15) is 5.82 Å². The fourth-order valence-corrected chi connectivity index (χ4v) is 2.16. The summed E-state index contributed by atoms with van der Waals surface area (Å²) in [6, 6.07) is 4.76. The number of amides is 2. The van der Waals surface area contributed by atoms with Gasteiger partial charge >= 0.3 is 0 Å². The molecule has 0 fully saturated rings. The molecule has 2 heterocycles. The van der Waals surface area contributed by atoms with Gasteiger partial charge in [0, 0.05) is 31.0 Å². The van der Waals surface area contributed by atoms with Crippen LogP contribution in [0.3, 0.4) is 0 Å². The maximum absolute atomic E-state index is 12.1. The maximum Gasteiger partial charge on any atom is 0.261 e. The van der Waals surface area contributed by atoms with Crippen molar-refractivity contribution in [2.24, 2.45) is 0 Å². The van der Waals surface area contributed by atoms with Gasteiger partial charge in [0.25, 0.3) is 11.8 Å². The largest absolute Gasteiger partial charge is 0.399 e. The molecule has 6 heteroatoms. The number of hydrogen-bond acceptors (Lipinski definition) is 4. The van der Waals surface area contributed by atoms with Crippen LogP contribution in [0, 0.1) is 0 Å². The Kier molecular flexibility index (Phi) is 2.56. The molecule has 1 aromatic heterocycles. The number of nitrogens with one attached hydrogen (secondary N) is 1. The zero-order valence-electron chi connectivity index (χ0n) is 10.1. The first-order valence-electron chi connectivity index (χ1n) is 5.91. The van der Waals surface area contributed by atoms with E-state index in [-0.39, 0.29) is 11.8 Å². The van der Waals surface area contributed by atoms with Crippen molar-refractivity contribution in [3.05, 3.63) is 47.5 Å². The van der Waals surface area contributed by atoms with Crippen molar-refractivity contribution < 1.29 is 9.59 Å². The summed E-state index contributed by atoms with van der Waals surface area (Å²) < 4.78 is 0. The van der Waals surface area contributed by atoms with E-state index in [1.807, 2.05) is 0 Å². The second kappa shape index (κ2) is 4.24. The van der Waals surface area contributed by atoms with E-state index in [0.29, 0.717) is 29.8 Å². The average molecular weight is 256 g/mol. The van der Waals surface area contributed by atoms with Crippen molar-refractivity contribution >= 4 is 17.5 Å². The molecule has 1 aromatic carbocycles. The number of hydrogen-bond donors (Lipinski definition) is 2. The maximum atomic E-state index is 12.1. The lowest BCUT2D eigenvalue weighted by Gasteiger charge is -2.12. The summed E-state index contributed by atoms with van der Waals surface area (Å²) in [7, 11) is 0. The van der Waals surface area contributed by atoms with Crippen LogP contribution in [0.25, 0.3) is 0 Å². The number of nitrogen functional groups attached to an aromatic ring is 1. The summed E-state index contributed by atoms with van der Waals surface area (Å²) in [6.45, 7) is 0.305. The SMILES string of the molecule is Nc1ccc2c(c1)C(=O)N(CCc1ncc[nH]1)C2=O. The lowest BCUT2D eigenvalue weighted by Crippen LogP contribution is -2.31. The first kappa shape index (κ1) is 11.5. The molecule has 0 saturated carbocycles. The van der Waals surface area contributed by atoms with Crippen LogP contribution in [0.2, 0.25) is 0 Å². The Balaban J connectivity index is 1.82. The Morgan fingerprint density at radius 2 is 2.00 bits per heavy atom. The van der Waals surface area contributed by atoms with Gasteiger partial charge in [0.2, 0.25) is 0 Å². The highest BCUT2D eigenvalue weighted by Crippen LogP contribution is 2.24. The predicted octanol–water partition coefficient (Wildman–Crippen LogP) is 0.831. The quantitative estimate of drug-likeness (QED) is 0.628. The molecular weight excluding hydrogens is 244 g/mol. The Morgan fingerprint density at radius 3 is 2.74 bits per heavy atom. The fraction of sp³-hybridized carbons (Fsp3) is 0.154. The molecule has 0 spiro atoms. The number of aromatic nitrogens is 2. The molecule has 0 saturated heterocycles. The van der Waals surface area contributed by atoms with Gasteiger partial charge < -0.3 is 10.7 Å². The lowest BCUT2D eigenvalue weighted by atomic mass is 10.1. The molecule has 0 aliphatic carbocycles. The topological polar surface area (TPSA) is 92.1 Å². The standard InChI is InChI=1S/C13H12N4O2/c14-8-1-2-9-10(7-8)13(19)17(12(9)18)6-3-11-15-4-5-16-11/h1-2,4-5,7H,3,6,14H2,(H,15,16). The lowest BCUT2D eigenvalue weighted by molar-refractivity contribution is 0.0655. The minimum atomic E-state index is -0.293. The highest BCUT2D eigenvalue weighted by molar-refractivity contribution is 6.21. The normalized spacial score (nSPS) is 14.0. The van der Waals surface area contributed by atoms with Crippen molar-refractivity contribution in [2.45, 2.75) is 6.42 Å². The molecule has 96 valence electrons. The van der Waals surface area contributed by atoms with E-state index >= 15 is 0 Å². The average Bonchev–Trinajstić information content (AvgIpc) is 2.98. The smallest absolute Gasteiger partial charge is 0.261 e. The molecule has 3 rings (SSSR count). The van der Waals surface area contributed by atoms with Gasteiger partial charge in [-0.05, 0) is 18.2 Å². The minimum Gasteiger partial charge on any atom is -0.399 e. The summed E-state index contributed by atoms with van der Waals surface area (Å²) >= 11 is 0. The van der Waals surface area contributed by atoms with E-state index in [1.165, 1.54) is 4.90 Å². The summed E-state index contributed by atoms with van der Waals surface area (Å²) in [5.41, 5.74) is 6.91. The first-order chi connectivity index (χ1) is 9.16. The first-order valence-corrected chi connectivity index (χ1v) is 5.91. The van der Waals surface area contributed by atoms with Crippen LogP contribution in [0.1, 0.15) is 26.5 Å². The number of anilines is 1. The van der Waals surface area contributed by atoms with Crippen LogP contribution in [0.15, 0.2) is 30.6 Å². The molecule has 3 N–H and O–H groups in total. The number of imidazole rings is 1. The van der Waals surface area contributed by atoms with E-state index in [4.69, 9.17) is 5.73 Å². The van der Waals surface area contributed by atoms with Crippen molar-refractivity contribution in [3.63, 3.8) is 0 Å². The molecule has 1 aliphatic rings. The van der Waals surface area contributed by atoms with Gasteiger partial charge in [-0.1, -0.05) is 0 Å². The number of fused-ring (bicyclic) bond motifs is 1. The van der Waals surface area contributed by atoms with Crippen LogP contribution in [0.5, 0.6) is 0 Å². The minimum absolute atomic E-state index is 0.272. The van der Waals surface area contributed by atoms with Crippen molar-refractivity contribution in [1.29, 1.82) is 0 Å². The third-order valence-corrected chi connectivity index (χ3v) is 3.12. The number of nitrogens with two attached hydrogens (primary N) is 1. The molecule has 2 amide bonds. The highest BCUT2D eigenvalue weighted by Gasteiger charge is 2.35. The molecule has 0 unspecified atom stereocenters. The van der Waals surface area contributed by atoms with Crippen LogP contribution in [-0.2, 0) is 6.42 Å². The summed E-state index contributed by atoms with van der Waals surface area (Å²) in [5, 5.41) is 0. The highest BCUT2D eigenvalue weighted by atomic mass is 16.2. The molecule has 0 radical (unpaired) electrons. The second-order valence-electron chi connectivity index (χ2n) is 4.35. The van der Waals surface area contributed by atoms with Crippen molar-refractivity contribution in [1.82, 2.24) is 14.9 Å². The number of H-pyrrole nitrogens is 1. The van der Waals surface area contributed by atoms with Gasteiger partial charge in [-0.25, -0.2) is 4.98 Å². The summed E-state index contributed by atoms with van der Waals surface area (Å²) in [6.07, 6.45) is 3.85. The Labute approximate surface area is 109 Å². The molecule has 0 atom stereocenters. The monoisotopic (exact) mass is 256 g/mol. The fourth-order valence-electron chi connectivity index (χ4n) is 2.16. The number of nitrogens with zero attached hydrogens (tertiary/aromatic N) is 2. The van der Waals surface area contributed by atoms with Crippen LogP contribution in [0.4, 0.5) is 5.69 Å². The van der Waals surface area contributed by atoms with E-state index in [0.717, 1.165) is 5.82 Å². The predicted molar refractivity (Wildman–Crippen MR) is 68.5 cm³/mol. The second-order valence-corrected chi connectivity index (χ2v) is 4.35. The molecule has 6 nitrogen and oxygen atoms in total. The zero-order chi connectivity index (χ0) is 13.4. The van der Waals surface area contributed by atoms with Gasteiger partial charge in [-0.2, -0.15) is 0 Å². The molecule has 2 aromatic rings. The van der Waals surface area contributed by atoms with E-state index in [1.54, 1.807) is 30.6 Å². The van der Waals surface area contributed by atoms with Gasteiger partial charge in [-0.15, -0.1) is 0 Å². The Morgan fingerprint density at radius 1 is 1.21 bits per heavy atom. The van der Waals surface area contributed by atoms with Crippen molar-refractivity contribution in [2.75, 3.05) is 12.3 Å². The van der Waals surface area contributed by atoms with E-state index in [9.17, 15) is 9.59 Å². The number of carbonyl (C=O) groups is 2. The summed E-state index contributed by atoms with van der Waals surface area (Å²) in [4.78, 5) is 32.5.